The largest absolute Gasteiger partial charge is 0.480 e. The molecular formula is C18H27N2O8P. The van der Waals surface area contributed by atoms with Gasteiger partial charge in [-0.15, -0.1) is 0 Å². The Bertz CT molecular complexity index is 728. The van der Waals surface area contributed by atoms with Crippen LogP contribution in [0.4, 0.5) is 0 Å². The molecule has 11 heteroatoms. The van der Waals surface area contributed by atoms with Gasteiger partial charge in [-0.2, -0.15) is 0 Å². The van der Waals surface area contributed by atoms with E-state index in [-0.39, 0.29) is 24.8 Å². The maximum Gasteiger partial charge on any atom is 0.380 e. The van der Waals surface area contributed by atoms with Gasteiger partial charge in [0.25, 0.3) is 0 Å². The monoisotopic (exact) mass is 430 g/mol. The summed E-state index contributed by atoms with van der Waals surface area (Å²) in [5.41, 5.74) is 5.49. The number of benzene rings is 1. The molecule has 5 N–H and O–H groups in total. The lowest BCUT2D eigenvalue weighted by Gasteiger charge is -2.25. The van der Waals surface area contributed by atoms with Gasteiger partial charge >= 0.3 is 19.5 Å². The van der Waals surface area contributed by atoms with Gasteiger partial charge in [0, 0.05) is 0 Å². The molecule has 10 nitrogen and oxygen atoms in total. The molecule has 0 saturated heterocycles. The third kappa shape index (κ3) is 9.56. The zero-order valence-corrected chi connectivity index (χ0v) is 17.0. The van der Waals surface area contributed by atoms with Crippen LogP contribution in [0, 0.1) is 0 Å². The van der Waals surface area contributed by atoms with Crippen molar-refractivity contribution in [1.29, 1.82) is 0 Å². The Kier molecular flexibility index (Phi) is 10.4. The van der Waals surface area contributed by atoms with Crippen LogP contribution >= 0.6 is 7.60 Å². The Morgan fingerprint density at radius 1 is 1.17 bits per heavy atom. The third-order valence-electron chi connectivity index (χ3n) is 3.83. The zero-order valence-electron chi connectivity index (χ0n) is 16.2. The molecule has 0 aliphatic carbocycles. The van der Waals surface area contributed by atoms with Crippen molar-refractivity contribution in [2.75, 3.05) is 12.7 Å². The van der Waals surface area contributed by atoms with Crippen LogP contribution in [0.3, 0.4) is 0 Å². The average molecular weight is 430 g/mol. The van der Waals surface area contributed by atoms with Crippen LogP contribution in [-0.4, -0.2) is 52.9 Å². The van der Waals surface area contributed by atoms with Crippen molar-refractivity contribution >= 4 is 25.4 Å². The molecule has 1 aromatic rings. The van der Waals surface area contributed by atoms with Crippen molar-refractivity contribution in [2.45, 2.75) is 44.8 Å². The summed E-state index contributed by atoms with van der Waals surface area (Å²) in [7, 11) is -3.98. The number of para-hydroxylation sites is 1. The first kappa shape index (κ1) is 24.6. The Labute approximate surface area is 168 Å². The summed E-state index contributed by atoms with van der Waals surface area (Å²) >= 11 is 0. The third-order valence-corrected chi connectivity index (χ3v) is 5.70. The predicted octanol–water partition coefficient (Wildman–Crippen LogP) is 1.84. The van der Waals surface area contributed by atoms with Crippen LogP contribution in [0.15, 0.2) is 30.3 Å². The van der Waals surface area contributed by atoms with Gasteiger partial charge in [-0.1, -0.05) is 38.0 Å². The Morgan fingerprint density at radius 3 is 2.38 bits per heavy atom. The Morgan fingerprint density at radius 2 is 1.83 bits per heavy atom. The lowest BCUT2D eigenvalue weighted by atomic mass is 10.1. The molecule has 0 radical (unpaired) electrons. The number of nitrogens with one attached hydrogen (secondary N) is 1. The molecule has 29 heavy (non-hydrogen) atoms. The van der Waals surface area contributed by atoms with Crippen molar-refractivity contribution < 1.29 is 38.2 Å². The smallest absolute Gasteiger partial charge is 0.380 e. The van der Waals surface area contributed by atoms with Gasteiger partial charge < -0.3 is 25.8 Å². The minimum absolute atomic E-state index is 0.190. The lowest BCUT2D eigenvalue weighted by molar-refractivity contribution is -0.139. The van der Waals surface area contributed by atoms with E-state index in [1.54, 1.807) is 30.3 Å². The maximum absolute atomic E-state index is 13.3. The number of carboxylic acids is 2. The van der Waals surface area contributed by atoms with E-state index >= 15 is 0 Å². The molecule has 1 aromatic carbocycles. The van der Waals surface area contributed by atoms with Gasteiger partial charge in [0.2, 0.25) is 5.91 Å². The molecule has 0 aromatic heterocycles. The highest BCUT2D eigenvalue weighted by Gasteiger charge is 2.34. The van der Waals surface area contributed by atoms with Crippen LogP contribution in [0.2, 0.25) is 0 Å². The number of amides is 1. The minimum Gasteiger partial charge on any atom is -0.480 e. The molecule has 1 amide bonds. The van der Waals surface area contributed by atoms with E-state index in [0.717, 1.165) is 6.42 Å². The summed E-state index contributed by atoms with van der Waals surface area (Å²) in [6.07, 6.45) is -0.272. The van der Waals surface area contributed by atoms with Crippen molar-refractivity contribution in [3.8, 4) is 5.75 Å². The number of carboxylic acid groups (broad SMARTS) is 2. The average Bonchev–Trinajstić information content (AvgIpc) is 2.68. The maximum atomic E-state index is 13.3. The standard InChI is InChI=1S/C18H27N2O8P/c1-2-3-9-15(17(23)20-12-16(21)22)28-29(26,11-10-14(19)18(24)25)27-13-7-5-4-6-8-13/h4-8,14-15H,2-3,9-12,19H2,1H3,(H,20,23)(H,21,22)(H,24,25)/t14?,15-,29+/m1/s1. The predicted molar refractivity (Wildman–Crippen MR) is 105 cm³/mol. The quantitative estimate of drug-likeness (QED) is 0.322. The topological polar surface area (TPSA) is 165 Å². The van der Waals surface area contributed by atoms with Gasteiger partial charge in [-0.05, 0) is 25.0 Å². The Hall–Kier alpha value is -2.42. The first-order valence-electron chi connectivity index (χ1n) is 9.17. The second kappa shape index (κ2) is 12.2. The van der Waals surface area contributed by atoms with Crippen LogP contribution in [0.5, 0.6) is 5.75 Å². The Balaban J connectivity index is 3.01. The summed E-state index contributed by atoms with van der Waals surface area (Å²) in [4.78, 5) is 34.0. The van der Waals surface area contributed by atoms with Crippen LogP contribution < -0.4 is 15.6 Å². The van der Waals surface area contributed by atoms with Gasteiger partial charge in [-0.3, -0.25) is 18.9 Å². The van der Waals surface area contributed by atoms with E-state index in [9.17, 15) is 18.9 Å². The molecule has 3 atom stereocenters. The normalized spacial score (nSPS) is 15.0. The van der Waals surface area contributed by atoms with E-state index in [1.165, 1.54) is 0 Å². The summed E-state index contributed by atoms with van der Waals surface area (Å²) in [6, 6.07) is 6.83. The van der Waals surface area contributed by atoms with E-state index in [2.05, 4.69) is 5.32 Å². The molecule has 0 bridgehead atoms. The zero-order chi connectivity index (χ0) is 21.9. The van der Waals surface area contributed by atoms with Gasteiger partial charge in [0.05, 0.1) is 6.16 Å². The summed E-state index contributed by atoms with van der Waals surface area (Å²) in [6.45, 7) is 1.27. The molecule has 1 unspecified atom stereocenters. The highest BCUT2D eigenvalue weighted by atomic mass is 31.2. The van der Waals surface area contributed by atoms with Crippen LogP contribution in [0.25, 0.3) is 0 Å². The van der Waals surface area contributed by atoms with Crippen molar-refractivity contribution in [3.05, 3.63) is 30.3 Å². The number of aliphatic carboxylic acids is 2. The number of hydrogen-bond donors (Lipinski definition) is 4. The number of rotatable bonds is 14. The summed E-state index contributed by atoms with van der Waals surface area (Å²) in [5, 5.41) is 19.9. The molecule has 0 spiro atoms. The van der Waals surface area contributed by atoms with E-state index in [0.29, 0.717) is 6.42 Å². The highest BCUT2D eigenvalue weighted by Crippen LogP contribution is 2.50. The molecule has 0 fully saturated rings. The lowest BCUT2D eigenvalue weighted by Crippen LogP contribution is -2.39. The molecule has 0 heterocycles. The van der Waals surface area contributed by atoms with Crippen molar-refractivity contribution in [2.24, 2.45) is 5.73 Å². The van der Waals surface area contributed by atoms with Crippen LogP contribution in [0.1, 0.15) is 32.6 Å². The van der Waals surface area contributed by atoms with Gasteiger partial charge in [0.15, 0.2) is 0 Å². The van der Waals surface area contributed by atoms with Gasteiger partial charge in [-0.25, -0.2) is 4.57 Å². The SMILES string of the molecule is CCCC[C@@H](O[P@](=O)(CCC(N)C(=O)O)Oc1ccccc1)C(=O)NCC(=O)O. The van der Waals surface area contributed by atoms with Gasteiger partial charge in [0.1, 0.15) is 24.4 Å². The summed E-state index contributed by atoms with van der Waals surface area (Å²) < 4.78 is 24.4. The van der Waals surface area contributed by atoms with E-state index in [4.69, 9.17) is 25.0 Å². The molecule has 162 valence electrons. The molecule has 0 saturated carbocycles. The number of unbranched alkanes of at least 4 members (excludes halogenated alkanes) is 1. The van der Waals surface area contributed by atoms with Crippen LogP contribution in [-0.2, 0) is 23.5 Å². The number of carbonyl (C=O) groups excluding carboxylic acids is 1. The molecule has 0 aliphatic heterocycles. The molecule has 0 aliphatic rings. The number of nitrogens with two attached hydrogens (primary N) is 1. The van der Waals surface area contributed by atoms with Crippen molar-refractivity contribution in [1.82, 2.24) is 5.32 Å². The first-order valence-corrected chi connectivity index (χ1v) is 10.9. The number of carbonyl (C=O) groups is 3. The molecular weight excluding hydrogens is 403 g/mol. The second-order valence-corrected chi connectivity index (χ2v) is 8.38. The van der Waals surface area contributed by atoms with E-state index in [1.807, 2.05) is 6.92 Å². The minimum atomic E-state index is -3.98. The first-order chi connectivity index (χ1) is 13.7. The highest BCUT2D eigenvalue weighted by molar-refractivity contribution is 7.54. The number of hydrogen-bond acceptors (Lipinski definition) is 7. The fourth-order valence-electron chi connectivity index (χ4n) is 2.27. The molecule has 1 rings (SSSR count). The fourth-order valence-corrected chi connectivity index (χ4v) is 4.14. The van der Waals surface area contributed by atoms with E-state index < -0.39 is 44.1 Å². The summed E-state index contributed by atoms with van der Waals surface area (Å²) in [5.74, 6) is -3.01. The fraction of sp³-hybridized carbons (Fsp3) is 0.500. The second-order valence-electron chi connectivity index (χ2n) is 6.32. The van der Waals surface area contributed by atoms with Crippen molar-refractivity contribution in [3.63, 3.8) is 0 Å².